The van der Waals surface area contributed by atoms with Gasteiger partial charge in [0, 0.05) is 10.5 Å². The summed E-state index contributed by atoms with van der Waals surface area (Å²) in [4.78, 5) is -0.0859. The van der Waals surface area contributed by atoms with Gasteiger partial charge in [0.2, 0.25) is 0 Å². The number of aromatic hydroxyl groups is 1. The Bertz CT molecular complexity index is 719. The van der Waals surface area contributed by atoms with Gasteiger partial charge in [0.1, 0.15) is 16.5 Å². The fraction of sp³-hybridized carbons (Fsp3) is 0. The average molecular weight is 346 g/mol. The summed E-state index contributed by atoms with van der Waals surface area (Å²) in [5.74, 6) is -0.596. The van der Waals surface area contributed by atoms with E-state index in [9.17, 15) is 17.9 Å². The van der Waals surface area contributed by atoms with Crippen LogP contribution in [0.1, 0.15) is 0 Å². The Hall–Kier alpha value is -1.60. The van der Waals surface area contributed by atoms with E-state index in [1.54, 1.807) is 0 Å². The minimum absolute atomic E-state index is 0.0571. The zero-order chi connectivity index (χ0) is 14.0. The van der Waals surface area contributed by atoms with Crippen LogP contribution in [-0.4, -0.2) is 13.5 Å². The zero-order valence-electron chi connectivity index (χ0n) is 9.47. The second-order valence-corrected chi connectivity index (χ2v) is 6.24. The number of hydrogen-bond donors (Lipinski definition) is 2. The van der Waals surface area contributed by atoms with Crippen molar-refractivity contribution < 1.29 is 17.9 Å². The van der Waals surface area contributed by atoms with E-state index in [1.807, 2.05) is 0 Å². The summed E-state index contributed by atoms with van der Waals surface area (Å²) in [5.41, 5.74) is 0.219. The van der Waals surface area contributed by atoms with Crippen molar-refractivity contribution in [3.63, 3.8) is 0 Å². The van der Waals surface area contributed by atoms with Gasteiger partial charge in [-0.15, -0.1) is 0 Å². The molecule has 0 amide bonds. The van der Waals surface area contributed by atoms with Crippen LogP contribution in [0.4, 0.5) is 10.1 Å². The van der Waals surface area contributed by atoms with Gasteiger partial charge in [-0.05, 0) is 46.3 Å². The van der Waals surface area contributed by atoms with Crippen molar-refractivity contribution in [1.82, 2.24) is 0 Å². The number of benzene rings is 2. The standard InChI is InChI=1S/C12H9BrFNO3S/c13-11-6-8(14)4-5-12(11)19(17,18)15-9-2-1-3-10(16)7-9/h1-7,15-16H. The average Bonchev–Trinajstić information content (AvgIpc) is 2.27. The van der Waals surface area contributed by atoms with Crippen molar-refractivity contribution in [2.75, 3.05) is 4.72 Å². The van der Waals surface area contributed by atoms with Crippen LogP contribution < -0.4 is 4.72 Å². The molecule has 0 aliphatic rings. The maximum atomic E-state index is 12.9. The zero-order valence-corrected chi connectivity index (χ0v) is 11.9. The van der Waals surface area contributed by atoms with Gasteiger partial charge in [-0.3, -0.25) is 4.72 Å². The third kappa shape index (κ3) is 3.24. The first-order chi connectivity index (χ1) is 8.88. The van der Waals surface area contributed by atoms with Crippen LogP contribution >= 0.6 is 15.9 Å². The first-order valence-electron chi connectivity index (χ1n) is 5.15. The maximum Gasteiger partial charge on any atom is 0.263 e. The largest absolute Gasteiger partial charge is 0.508 e. The van der Waals surface area contributed by atoms with Crippen molar-refractivity contribution in [3.8, 4) is 5.75 Å². The van der Waals surface area contributed by atoms with E-state index in [2.05, 4.69) is 20.7 Å². The van der Waals surface area contributed by atoms with Crippen molar-refractivity contribution in [3.05, 3.63) is 52.8 Å². The molecule has 0 saturated heterocycles. The first-order valence-corrected chi connectivity index (χ1v) is 7.43. The van der Waals surface area contributed by atoms with E-state index in [4.69, 9.17) is 0 Å². The number of phenolic OH excluding ortho intramolecular Hbond substituents is 1. The molecular formula is C12H9BrFNO3S. The molecule has 2 N–H and O–H groups in total. The summed E-state index contributed by atoms with van der Waals surface area (Å²) in [5, 5.41) is 9.28. The molecule has 7 heteroatoms. The highest BCUT2D eigenvalue weighted by atomic mass is 79.9. The van der Waals surface area contributed by atoms with Crippen molar-refractivity contribution in [1.29, 1.82) is 0 Å². The van der Waals surface area contributed by atoms with Gasteiger partial charge in [0.05, 0.1) is 5.69 Å². The lowest BCUT2D eigenvalue weighted by atomic mass is 10.3. The molecule has 0 fully saturated rings. The molecule has 0 saturated carbocycles. The van der Waals surface area contributed by atoms with Gasteiger partial charge in [-0.25, -0.2) is 12.8 Å². The predicted octanol–water partition coefficient (Wildman–Crippen LogP) is 3.09. The van der Waals surface area contributed by atoms with E-state index < -0.39 is 15.8 Å². The van der Waals surface area contributed by atoms with Gasteiger partial charge >= 0.3 is 0 Å². The molecule has 0 radical (unpaired) electrons. The van der Waals surface area contributed by atoms with Gasteiger partial charge in [-0.2, -0.15) is 0 Å². The van der Waals surface area contributed by atoms with Gasteiger partial charge in [-0.1, -0.05) is 6.07 Å². The molecule has 19 heavy (non-hydrogen) atoms. The number of rotatable bonds is 3. The molecule has 0 spiro atoms. The monoisotopic (exact) mass is 345 g/mol. The second-order valence-electron chi connectivity index (χ2n) is 3.73. The normalized spacial score (nSPS) is 11.3. The van der Waals surface area contributed by atoms with Crippen molar-refractivity contribution >= 4 is 31.6 Å². The fourth-order valence-electron chi connectivity index (χ4n) is 1.47. The quantitative estimate of drug-likeness (QED) is 0.898. The molecule has 0 atom stereocenters. The highest BCUT2D eigenvalue weighted by molar-refractivity contribution is 9.10. The minimum Gasteiger partial charge on any atom is -0.508 e. The molecule has 100 valence electrons. The van der Waals surface area contributed by atoms with Crippen molar-refractivity contribution in [2.45, 2.75) is 4.90 Å². The smallest absolute Gasteiger partial charge is 0.263 e. The lowest BCUT2D eigenvalue weighted by Gasteiger charge is -2.09. The van der Waals surface area contributed by atoms with Crippen molar-refractivity contribution in [2.24, 2.45) is 0 Å². The Balaban J connectivity index is 2.38. The number of anilines is 1. The van der Waals surface area contributed by atoms with E-state index in [1.165, 1.54) is 24.3 Å². The number of sulfonamides is 1. The molecule has 0 aliphatic carbocycles. The summed E-state index contributed by atoms with van der Waals surface area (Å²) < 4.78 is 39.6. The fourth-order valence-corrected chi connectivity index (χ4v) is 3.57. The molecular weight excluding hydrogens is 337 g/mol. The molecule has 2 aromatic rings. The molecule has 0 aliphatic heterocycles. The highest BCUT2D eigenvalue weighted by Crippen LogP contribution is 2.25. The van der Waals surface area contributed by atoms with E-state index in [-0.39, 0.29) is 20.8 Å². The first kappa shape index (κ1) is 13.8. The van der Waals surface area contributed by atoms with Gasteiger partial charge < -0.3 is 5.11 Å². The lowest BCUT2D eigenvalue weighted by Crippen LogP contribution is -2.13. The Morgan fingerprint density at radius 2 is 1.89 bits per heavy atom. The number of nitrogens with one attached hydrogen (secondary N) is 1. The SMILES string of the molecule is O=S(=O)(Nc1cccc(O)c1)c1ccc(F)cc1Br. The van der Waals surface area contributed by atoms with Gasteiger partial charge in [0.25, 0.3) is 10.0 Å². The molecule has 0 bridgehead atoms. The number of hydrogen-bond acceptors (Lipinski definition) is 3. The highest BCUT2D eigenvalue weighted by Gasteiger charge is 2.18. The van der Waals surface area contributed by atoms with Crippen LogP contribution in [0.15, 0.2) is 51.8 Å². The van der Waals surface area contributed by atoms with E-state index in [0.29, 0.717) is 0 Å². The Labute approximate surface area is 118 Å². The van der Waals surface area contributed by atoms with E-state index >= 15 is 0 Å². The number of phenols is 1. The third-order valence-corrected chi connectivity index (χ3v) is 4.64. The van der Waals surface area contributed by atoms with E-state index in [0.717, 1.165) is 18.2 Å². The Morgan fingerprint density at radius 3 is 2.53 bits per heavy atom. The maximum absolute atomic E-state index is 12.9. The van der Waals surface area contributed by atoms with Crippen LogP contribution in [0, 0.1) is 5.82 Å². The third-order valence-electron chi connectivity index (χ3n) is 2.28. The van der Waals surface area contributed by atoms with Crippen LogP contribution in [0.2, 0.25) is 0 Å². The predicted molar refractivity (Wildman–Crippen MR) is 73.0 cm³/mol. The number of halogens is 2. The van der Waals surface area contributed by atoms with Crippen LogP contribution in [0.25, 0.3) is 0 Å². The molecule has 0 heterocycles. The molecule has 0 unspecified atom stereocenters. The van der Waals surface area contributed by atoms with Crippen LogP contribution in [0.5, 0.6) is 5.75 Å². The Kier molecular flexibility index (Phi) is 3.77. The second kappa shape index (κ2) is 5.18. The molecule has 0 aromatic heterocycles. The molecule has 4 nitrogen and oxygen atoms in total. The van der Waals surface area contributed by atoms with Crippen LogP contribution in [0.3, 0.4) is 0 Å². The summed E-state index contributed by atoms with van der Waals surface area (Å²) in [6.07, 6.45) is 0. The summed E-state index contributed by atoms with van der Waals surface area (Å²) in [6, 6.07) is 8.98. The summed E-state index contributed by atoms with van der Waals surface area (Å²) >= 11 is 3.00. The van der Waals surface area contributed by atoms with Gasteiger partial charge in [0.15, 0.2) is 0 Å². The molecule has 2 rings (SSSR count). The Morgan fingerprint density at radius 1 is 1.16 bits per heavy atom. The molecule has 2 aromatic carbocycles. The lowest BCUT2D eigenvalue weighted by molar-refractivity contribution is 0.475. The summed E-state index contributed by atoms with van der Waals surface area (Å²) in [7, 11) is -3.85. The minimum atomic E-state index is -3.85. The van der Waals surface area contributed by atoms with Crippen LogP contribution in [-0.2, 0) is 10.0 Å². The topological polar surface area (TPSA) is 66.4 Å². The summed E-state index contributed by atoms with van der Waals surface area (Å²) in [6.45, 7) is 0.